The third kappa shape index (κ3) is 3.39. The number of terminal acetylenes is 1. The lowest BCUT2D eigenvalue weighted by Crippen LogP contribution is -2.18. The Bertz CT molecular complexity index is 466. The average Bonchev–Trinajstić information content (AvgIpc) is 2.38. The number of benzene rings is 1. The monoisotopic (exact) mass is 248 g/mol. The van der Waals surface area contributed by atoms with E-state index in [0.717, 1.165) is 6.42 Å². The van der Waals surface area contributed by atoms with Gasteiger partial charge in [0.15, 0.2) is 0 Å². The first-order valence-corrected chi connectivity index (χ1v) is 5.64. The quantitative estimate of drug-likeness (QED) is 0.477. The van der Waals surface area contributed by atoms with Gasteiger partial charge >= 0.3 is 0 Å². The van der Waals surface area contributed by atoms with E-state index in [0.29, 0.717) is 17.9 Å². The van der Waals surface area contributed by atoms with Gasteiger partial charge in [-0.3, -0.25) is 10.1 Å². The molecule has 1 unspecified atom stereocenters. The molecule has 96 valence electrons. The van der Waals surface area contributed by atoms with Crippen molar-refractivity contribution in [3.8, 4) is 18.1 Å². The Morgan fingerprint density at radius 1 is 1.61 bits per heavy atom. The number of rotatable bonds is 6. The minimum atomic E-state index is -0.437. The smallest absolute Gasteiger partial charge is 0.296 e. The van der Waals surface area contributed by atoms with Crippen LogP contribution in [0.1, 0.15) is 19.8 Å². The van der Waals surface area contributed by atoms with Gasteiger partial charge in [0.1, 0.15) is 11.4 Å². The number of nitrogens with one attached hydrogen (secondary N) is 1. The fourth-order valence-electron chi connectivity index (χ4n) is 1.57. The van der Waals surface area contributed by atoms with Crippen LogP contribution in [0.25, 0.3) is 0 Å². The molecule has 0 heterocycles. The van der Waals surface area contributed by atoms with Crippen LogP contribution in [0.2, 0.25) is 0 Å². The van der Waals surface area contributed by atoms with Crippen LogP contribution in [0.5, 0.6) is 5.75 Å². The van der Waals surface area contributed by atoms with E-state index < -0.39 is 4.92 Å². The van der Waals surface area contributed by atoms with Gasteiger partial charge in [-0.15, -0.1) is 12.3 Å². The normalized spacial score (nSPS) is 11.4. The van der Waals surface area contributed by atoms with E-state index in [1.807, 2.05) is 6.92 Å². The first-order chi connectivity index (χ1) is 8.62. The average molecular weight is 248 g/mol. The van der Waals surface area contributed by atoms with Crippen LogP contribution in [0.3, 0.4) is 0 Å². The SMILES string of the molecule is C#CCC(CC)Nc1ccc(OC)cc1[N+](=O)[O-]. The molecular formula is C13H16N2O3. The standard InChI is InChI=1S/C13H16N2O3/c1-4-6-10(5-2)14-12-8-7-11(18-3)9-13(12)15(16)17/h1,7-10,14H,5-6H2,2-3H3. The first kappa shape index (κ1) is 13.8. The molecule has 0 radical (unpaired) electrons. The molecule has 1 rings (SSSR count). The van der Waals surface area contributed by atoms with Crippen molar-refractivity contribution in [3.63, 3.8) is 0 Å². The summed E-state index contributed by atoms with van der Waals surface area (Å²) in [5.74, 6) is 3.01. The van der Waals surface area contributed by atoms with Gasteiger partial charge in [-0.1, -0.05) is 6.92 Å². The zero-order chi connectivity index (χ0) is 13.5. The van der Waals surface area contributed by atoms with Gasteiger partial charge in [0.05, 0.1) is 18.1 Å². The van der Waals surface area contributed by atoms with Crippen LogP contribution in [0, 0.1) is 22.5 Å². The number of nitro benzene ring substituents is 1. The van der Waals surface area contributed by atoms with E-state index in [1.54, 1.807) is 12.1 Å². The number of ether oxygens (including phenoxy) is 1. The van der Waals surface area contributed by atoms with Crippen molar-refractivity contribution >= 4 is 11.4 Å². The van der Waals surface area contributed by atoms with Gasteiger partial charge in [0.25, 0.3) is 5.69 Å². The summed E-state index contributed by atoms with van der Waals surface area (Å²) in [6, 6.07) is 4.74. The molecule has 0 saturated carbocycles. The van der Waals surface area contributed by atoms with Crippen molar-refractivity contribution in [2.45, 2.75) is 25.8 Å². The molecule has 0 spiro atoms. The molecule has 0 aliphatic heterocycles. The van der Waals surface area contributed by atoms with E-state index in [2.05, 4.69) is 11.2 Å². The van der Waals surface area contributed by atoms with Gasteiger partial charge in [-0.05, 0) is 18.6 Å². The Kier molecular flexibility index (Phi) is 5.00. The third-order valence-electron chi connectivity index (χ3n) is 2.62. The molecule has 0 amide bonds. The summed E-state index contributed by atoms with van der Waals surface area (Å²) < 4.78 is 4.97. The highest BCUT2D eigenvalue weighted by atomic mass is 16.6. The largest absolute Gasteiger partial charge is 0.496 e. The van der Waals surface area contributed by atoms with Gasteiger partial charge in [0, 0.05) is 12.5 Å². The lowest BCUT2D eigenvalue weighted by molar-refractivity contribution is -0.384. The maximum absolute atomic E-state index is 11.0. The van der Waals surface area contributed by atoms with Gasteiger partial charge in [0.2, 0.25) is 0 Å². The maximum atomic E-state index is 11.0. The molecule has 0 fully saturated rings. The highest BCUT2D eigenvalue weighted by Gasteiger charge is 2.17. The van der Waals surface area contributed by atoms with E-state index in [-0.39, 0.29) is 11.7 Å². The molecule has 0 saturated heterocycles. The first-order valence-electron chi connectivity index (χ1n) is 5.64. The lowest BCUT2D eigenvalue weighted by atomic mass is 10.1. The van der Waals surface area contributed by atoms with Crippen molar-refractivity contribution in [1.82, 2.24) is 0 Å². The molecular weight excluding hydrogens is 232 g/mol. The van der Waals surface area contributed by atoms with Crippen molar-refractivity contribution in [1.29, 1.82) is 0 Å². The summed E-state index contributed by atoms with van der Waals surface area (Å²) in [6.07, 6.45) is 6.58. The Balaban J connectivity index is 3.01. The van der Waals surface area contributed by atoms with Crippen molar-refractivity contribution < 1.29 is 9.66 Å². The molecule has 0 aliphatic rings. The summed E-state index contributed by atoms with van der Waals surface area (Å²) in [7, 11) is 1.47. The second-order valence-corrected chi connectivity index (χ2v) is 3.80. The molecule has 1 atom stereocenters. The molecule has 5 nitrogen and oxygen atoms in total. The van der Waals surface area contributed by atoms with E-state index in [1.165, 1.54) is 13.2 Å². The lowest BCUT2D eigenvalue weighted by Gasteiger charge is -2.16. The fraction of sp³-hybridized carbons (Fsp3) is 0.385. The molecule has 0 bridgehead atoms. The highest BCUT2D eigenvalue weighted by Crippen LogP contribution is 2.29. The number of methoxy groups -OCH3 is 1. The fourth-order valence-corrected chi connectivity index (χ4v) is 1.57. The molecule has 18 heavy (non-hydrogen) atoms. The predicted octanol–water partition coefficient (Wildman–Crippen LogP) is 2.82. The van der Waals surface area contributed by atoms with E-state index in [9.17, 15) is 10.1 Å². The molecule has 1 N–H and O–H groups in total. The van der Waals surface area contributed by atoms with Crippen molar-refractivity contribution in [3.05, 3.63) is 28.3 Å². The van der Waals surface area contributed by atoms with Crippen LogP contribution in [0.15, 0.2) is 18.2 Å². The Morgan fingerprint density at radius 3 is 2.83 bits per heavy atom. The van der Waals surface area contributed by atoms with Gasteiger partial charge < -0.3 is 10.1 Å². The van der Waals surface area contributed by atoms with Crippen LogP contribution < -0.4 is 10.1 Å². The second kappa shape index (κ2) is 6.50. The van der Waals surface area contributed by atoms with E-state index >= 15 is 0 Å². The van der Waals surface area contributed by atoms with Crippen LogP contribution in [0.4, 0.5) is 11.4 Å². The third-order valence-corrected chi connectivity index (χ3v) is 2.62. The highest BCUT2D eigenvalue weighted by molar-refractivity contribution is 5.64. The number of nitrogens with zero attached hydrogens (tertiary/aromatic N) is 1. The van der Waals surface area contributed by atoms with Gasteiger partial charge in [-0.2, -0.15) is 0 Å². The second-order valence-electron chi connectivity index (χ2n) is 3.80. The summed E-state index contributed by atoms with van der Waals surface area (Å²) in [4.78, 5) is 10.6. The topological polar surface area (TPSA) is 64.4 Å². The van der Waals surface area contributed by atoms with Crippen LogP contribution in [-0.4, -0.2) is 18.1 Å². The number of hydrogen-bond donors (Lipinski definition) is 1. The summed E-state index contributed by atoms with van der Waals surface area (Å²) >= 11 is 0. The Morgan fingerprint density at radius 2 is 2.33 bits per heavy atom. The zero-order valence-corrected chi connectivity index (χ0v) is 10.5. The van der Waals surface area contributed by atoms with Gasteiger partial charge in [-0.25, -0.2) is 0 Å². The van der Waals surface area contributed by atoms with Crippen LogP contribution >= 0.6 is 0 Å². The summed E-state index contributed by atoms with van der Waals surface area (Å²) in [5, 5.41) is 14.1. The van der Waals surface area contributed by atoms with Crippen LogP contribution in [-0.2, 0) is 0 Å². The molecule has 1 aromatic rings. The summed E-state index contributed by atoms with van der Waals surface area (Å²) in [5.41, 5.74) is 0.452. The molecule has 0 aliphatic carbocycles. The van der Waals surface area contributed by atoms with E-state index in [4.69, 9.17) is 11.2 Å². The molecule has 1 aromatic carbocycles. The molecule has 5 heteroatoms. The zero-order valence-electron chi connectivity index (χ0n) is 10.5. The predicted molar refractivity (Wildman–Crippen MR) is 70.8 cm³/mol. The minimum Gasteiger partial charge on any atom is -0.496 e. The summed E-state index contributed by atoms with van der Waals surface area (Å²) in [6.45, 7) is 1.98. The van der Waals surface area contributed by atoms with Crippen molar-refractivity contribution in [2.75, 3.05) is 12.4 Å². The number of anilines is 1. The van der Waals surface area contributed by atoms with Crippen molar-refractivity contribution in [2.24, 2.45) is 0 Å². The minimum absolute atomic E-state index is 0.00942. The Labute approximate surface area is 106 Å². The Hall–Kier alpha value is -2.22. The number of nitro groups is 1. The molecule has 0 aromatic heterocycles. The number of hydrogen-bond acceptors (Lipinski definition) is 4. The maximum Gasteiger partial charge on any atom is 0.296 e.